The first-order valence-corrected chi connectivity index (χ1v) is 10.8. The zero-order chi connectivity index (χ0) is 19.4. The van der Waals surface area contributed by atoms with Crippen molar-refractivity contribution in [3.63, 3.8) is 0 Å². The summed E-state index contributed by atoms with van der Waals surface area (Å²) in [7, 11) is 0. The summed E-state index contributed by atoms with van der Waals surface area (Å²) in [6.07, 6.45) is 1.70. The molecule has 1 aliphatic heterocycles. The predicted octanol–water partition coefficient (Wildman–Crippen LogP) is 4.23. The maximum absolute atomic E-state index is 12.3. The van der Waals surface area contributed by atoms with Gasteiger partial charge in [0.1, 0.15) is 20.7 Å². The number of hydrogen-bond donors (Lipinski definition) is 0. The molecule has 1 aliphatic rings. The summed E-state index contributed by atoms with van der Waals surface area (Å²) in [5, 5.41) is 0. The highest BCUT2D eigenvalue weighted by Crippen LogP contribution is 2.29. The molecule has 2 heterocycles. The predicted molar refractivity (Wildman–Crippen MR) is 116 cm³/mol. The number of ether oxygens (including phenoxy) is 1. The SMILES string of the molecule is CC(C)(C)[S+]([O-])/N=C\c1ccc(N2CCOCC2)cc1-c1cccc(Br)n1. The van der Waals surface area contributed by atoms with Crippen LogP contribution in [0.2, 0.25) is 0 Å². The average Bonchev–Trinajstić information content (AvgIpc) is 2.66. The van der Waals surface area contributed by atoms with Gasteiger partial charge in [-0.3, -0.25) is 0 Å². The van der Waals surface area contributed by atoms with E-state index in [-0.39, 0.29) is 0 Å². The first-order chi connectivity index (χ1) is 12.8. The molecule has 1 fully saturated rings. The van der Waals surface area contributed by atoms with Crippen molar-refractivity contribution in [1.29, 1.82) is 0 Å². The summed E-state index contributed by atoms with van der Waals surface area (Å²) in [5.41, 5.74) is 3.84. The van der Waals surface area contributed by atoms with E-state index in [2.05, 4.69) is 42.3 Å². The van der Waals surface area contributed by atoms with Gasteiger partial charge < -0.3 is 14.2 Å². The third-order valence-corrected chi connectivity index (χ3v) is 6.00. The van der Waals surface area contributed by atoms with Gasteiger partial charge in [0.15, 0.2) is 0 Å². The van der Waals surface area contributed by atoms with Crippen molar-refractivity contribution >= 4 is 39.2 Å². The topological polar surface area (TPSA) is 60.8 Å². The Balaban J connectivity index is 2.00. The number of nitrogens with zero attached hydrogens (tertiary/aromatic N) is 3. The second-order valence-electron chi connectivity index (χ2n) is 7.31. The van der Waals surface area contributed by atoms with Gasteiger partial charge in [-0.25, -0.2) is 4.98 Å². The van der Waals surface area contributed by atoms with Crippen molar-refractivity contribution in [3.8, 4) is 11.3 Å². The largest absolute Gasteiger partial charge is 0.591 e. The van der Waals surface area contributed by atoms with Crippen molar-refractivity contribution in [1.82, 2.24) is 4.98 Å². The van der Waals surface area contributed by atoms with Crippen LogP contribution in [0.1, 0.15) is 26.3 Å². The van der Waals surface area contributed by atoms with Crippen molar-refractivity contribution in [2.75, 3.05) is 31.2 Å². The molecule has 0 aliphatic carbocycles. The molecule has 1 unspecified atom stereocenters. The number of hydrogen-bond acceptors (Lipinski definition) is 5. The Labute approximate surface area is 172 Å². The van der Waals surface area contributed by atoms with Crippen molar-refractivity contribution in [2.24, 2.45) is 4.40 Å². The number of pyridine rings is 1. The lowest BCUT2D eigenvalue weighted by Crippen LogP contribution is -2.36. The summed E-state index contributed by atoms with van der Waals surface area (Å²) in [6, 6.07) is 12.1. The Morgan fingerprint density at radius 2 is 1.96 bits per heavy atom. The van der Waals surface area contributed by atoms with Gasteiger partial charge in [0.2, 0.25) is 0 Å². The normalized spacial score (nSPS) is 16.7. The quantitative estimate of drug-likeness (QED) is 0.398. The number of halogens is 1. The lowest BCUT2D eigenvalue weighted by molar-refractivity contribution is 0.122. The minimum atomic E-state index is -1.30. The Kier molecular flexibility index (Phi) is 6.57. The minimum absolute atomic E-state index is 0.390. The van der Waals surface area contributed by atoms with Gasteiger partial charge in [-0.15, -0.1) is 0 Å². The van der Waals surface area contributed by atoms with Gasteiger partial charge in [-0.05, 0) is 61.0 Å². The molecule has 1 aromatic heterocycles. The van der Waals surface area contributed by atoms with E-state index in [0.717, 1.165) is 53.4 Å². The van der Waals surface area contributed by atoms with Crippen LogP contribution >= 0.6 is 15.9 Å². The van der Waals surface area contributed by atoms with E-state index >= 15 is 0 Å². The summed E-state index contributed by atoms with van der Waals surface area (Å²) >= 11 is 2.14. The van der Waals surface area contributed by atoms with Crippen LogP contribution in [0.4, 0.5) is 5.69 Å². The molecule has 27 heavy (non-hydrogen) atoms. The molecule has 0 N–H and O–H groups in total. The minimum Gasteiger partial charge on any atom is -0.591 e. The first kappa shape index (κ1) is 20.3. The molecule has 0 spiro atoms. The van der Waals surface area contributed by atoms with E-state index in [1.165, 1.54) is 0 Å². The molecule has 1 atom stereocenters. The van der Waals surface area contributed by atoms with E-state index in [9.17, 15) is 4.55 Å². The fourth-order valence-electron chi connectivity index (χ4n) is 2.72. The molecule has 3 rings (SSSR count). The highest BCUT2D eigenvalue weighted by molar-refractivity contribution is 9.10. The molecule has 5 nitrogen and oxygen atoms in total. The molecule has 0 amide bonds. The summed E-state index contributed by atoms with van der Waals surface area (Å²) in [4.78, 5) is 6.91. The van der Waals surface area contributed by atoms with Gasteiger partial charge in [-0.2, -0.15) is 0 Å². The van der Waals surface area contributed by atoms with Crippen LogP contribution in [0.25, 0.3) is 11.3 Å². The average molecular weight is 450 g/mol. The summed E-state index contributed by atoms with van der Waals surface area (Å²) in [5.74, 6) is 0. The smallest absolute Gasteiger partial charge is 0.144 e. The van der Waals surface area contributed by atoms with Gasteiger partial charge >= 0.3 is 0 Å². The Bertz CT molecular complexity index is 817. The molecule has 1 aromatic carbocycles. The van der Waals surface area contributed by atoms with Gasteiger partial charge in [0, 0.05) is 29.9 Å². The molecule has 1 saturated heterocycles. The highest BCUT2D eigenvalue weighted by atomic mass is 79.9. The molecular formula is C20H24BrN3O2S. The third-order valence-electron chi connectivity index (χ3n) is 4.22. The van der Waals surface area contributed by atoms with Crippen LogP contribution < -0.4 is 4.90 Å². The fourth-order valence-corrected chi connectivity index (χ4v) is 3.59. The monoisotopic (exact) mass is 449 g/mol. The van der Waals surface area contributed by atoms with Gasteiger partial charge in [-0.1, -0.05) is 16.5 Å². The van der Waals surface area contributed by atoms with E-state index < -0.39 is 16.1 Å². The van der Waals surface area contributed by atoms with Crippen LogP contribution in [0.5, 0.6) is 0 Å². The number of aromatic nitrogens is 1. The second-order valence-corrected chi connectivity index (χ2v) is 10.1. The summed E-state index contributed by atoms with van der Waals surface area (Å²) in [6.45, 7) is 8.95. The summed E-state index contributed by atoms with van der Waals surface area (Å²) < 4.78 is 22.5. The van der Waals surface area contributed by atoms with Crippen molar-refractivity contribution in [3.05, 3.63) is 46.6 Å². The zero-order valence-electron chi connectivity index (χ0n) is 15.8. The van der Waals surface area contributed by atoms with E-state index in [1.807, 2.05) is 45.0 Å². The van der Waals surface area contributed by atoms with Crippen LogP contribution in [-0.4, -0.2) is 46.8 Å². The van der Waals surface area contributed by atoms with Crippen LogP contribution in [0, 0.1) is 0 Å². The standard InChI is InChI=1S/C20H24BrN3O2S/c1-20(2,3)27(25)22-14-15-7-8-16(24-9-11-26-12-10-24)13-17(15)18-5-4-6-19(21)23-18/h4-8,13-14H,9-12H2,1-3H3/b22-14-. The number of morpholine rings is 1. The molecule has 2 aromatic rings. The number of anilines is 1. The maximum atomic E-state index is 12.3. The molecule has 0 radical (unpaired) electrons. The van der Waals surface area contributed by atoms with E-state index in [4.69, 9.17) is 4.74 Å². The number of benzene rings is 1. The Morgan fingerprint density at radius 3 is 2.63 bits per heavy atom. The van der Waals surface area contributed by atoms with E-state index in [1.54, 1.807) is 6.21 Å². The Morgan fingerprint density at radius 1 is 1.22 bits per heavy atom. The second kappa shape index (κ2) is 8.73. The molecule has 0 bridgehead atoms. The molecule has 7 heteroatoms. The lowest BCUT2D eigenvalue weighted by Gasteiger charge is -2.29. The highest BCUT2D eigenvalue weighted by Gasteiger charge is 2.26. The van der Waals surface area contributed by atoms with Crippen LogP contribution in [-0.2, 0) is 16.1 Å². The molecular weight excluding hydrogens is 426 g/mol. The Hall–Kier alpha value is -1.41. The maximum Gasteiger partial charge on any atom is 0.144 e. The zero-order valence-corrected chi connectivity index (χ0v) is 18.2. The van der Waals surface area contributed by atoms with Crippen molar-refractivity contribution < 1.29 is 9.29 Å². The molecule has 144 valence electrons. The molecule has 0 saturated carbocycles. The third kappa shape index (κ3) is 5.31. The van der Waals surface area contributed by atoms with E-state index in [0.29, 0.717) is 0 Å². The lowest BCUT2D eigenvalue weighted by atomic mass is 10.0. The first-order valence-electron chi connectivity index (χ1n) is 8.90. The van der Waals surface area contributed by atoms with Gasteiger partial charge in [0.05, 0.1) is 25.1 Å². The number of rotatable bonds is 4. The fraction of sp³-hybridized carbons (Fsp3) is 0.400. The van der Waals surface area contributed by atoms with Gasteiger partial charge in [0.25, 0.3) is 0 Å². The van der Waals surface area contributed by atoms with Crippen molar-refractivity contribution in [2.45, 2.75) is 25.5 Å². The van der Waals surface area contributed by atoms with Crippen LogP contribution in [0.15, 0.2) is 45.4 Å². The van der Waals surface area contributed by atoms with Crippen LogP contribution in [0.3, 0.4) is 0 Å².